The van der Waals surface area contributed by atoms with Crippen LogP contribution in [0.4, 0.5) is 0 Å². The fraction of sp³-hybridized carbons (Fsp3) is 0.160. The van der Waals surface area contributed by atoms with E-state index >= 15 is 0 Å². The summed E-state index contributed by atoms with van der Waals surface area (Å²) < 4.78 is 1.60. The zero-order valence-corrected chi connectivity index (χ0v) is 19.1. The minimum Gasteiger partial charge on any atom is -0.293 e. The first-order chi connectivity index (χ1) is 15.0. The van der Waals surface area contributed by atoms with Crippen LogP contribution in [0.15, 0.2) is 76.5 Å². The average molecular weight is 447 g/mol. The summed E-state index contributed by atoms with van der Waals surface area (Å²) >= 11 is 2.74. The van der Waals surface area contributed by atoms with Gasteiger partial charge in [-0.15, -0.1) is 17.9 Å². The summed E-state index contributed by atoms with van der Waals surface area (Å²) in [4.78, 5) is 31.4. The highest BCUT2D eigenvalue weighted by Gasteiger charge is 2.18. The lowest BCUT2D eigenvalue weighted by Gasteiger charge is -2.10. The fourth-order valence-electron chi connectivity index (χ4n) is 3.30. The summed E-state index contributed by atoms with van der Waals surface area (Å²) in [5, 5.41) is 3.13. The number of carbonyl (C=O) groups is 1. The molecular weight excluding hydrogens is 424 g/mol. The molecule has 0 aliphatic rings. The molecule has 31 heavy (non-hydrogen) atoms. The number of carbonyl (C=O) groups excluding carboxylic acids is 1. The summed E-state index contributed by atoms with van der Waals surface area (Å²) in [6.07, 6.45) is 1.68. The van der Waals surface area contributed by atoms with Crippen LogP contribution < -0.4 is 5.56 Å². The Morgan fingerprint density at radius 2 is 1.74 bits per heavy atom. The molecule has 0 atom stereocenters. The minimum absolute atomic E-state index is 0.0102. The molecule has 0 aliphatic carbocycles. The number of hydrogen-bond donors (Lipinski definition) is 0. The van der Waals surface area contributed by atoms with E-state index in [1.54, 1.807) is 10.6 Å². The van der Waals surface area contributed by atoms with Gasteiger partial charge in [-0.2, -0.15) is 0 Å². The Kier molecular flexibility index (Phi) is 6.20. The standard InChI is InChI=1S/C25H22N2O2S2/c1-4-13-27-24(29)22-20(18-9-5-16(2)6-10-18)14-30-23(22)26-25(27)31-15-21(28)19-11-7-17(3)8-12-19/h4-12,14H,1,13,15H2,2-3H3. The molecule has 2 heterocycles. The molecule has 2 aromatic heterocycles. The van der Waals surface area contributed by atoms with Gasteiger partial charge in [0.2, 0.25) is 0 Å². The fourth-order valence-corrected chi connectivity index (χ4v) is 5.20. The molecule has 0 aliphatic heterocycles. The second kappa shape index (κ2) is 9.04. The first-order valence-electron chi connectivity index (χ1n) is 9.90. The Labute approximate surface area is 189 Å². The third-order valence-corrected chi connectivity index (χ3v) is 6.89. The number of aromatic nitrogens is 2. The molecule has 0 N–H and O–H groups in total. The number of hydrogen-bond acceptors (Lipinski definition) is 5. The zero-order valence-electron chi connectivity index (χ0n) is 17.4. The minimum atomic E-state index is -0.105. The Hall–Kier alpha value is -2.96. The van der Waals surface area contributed by atoms with Crippen molar-refractivity contribution in [3.8, 4) is 11.1 Å². The Morgan fingerprint density at radius 1 is 1.10 bits per heavy atom. The van der Waals surface area contributed by atoms with Gasteiger partial charge < -0.3 is 0 Å². The van der Waals surface area contributed by atoms with Crippen molar-refractivity contribution < 1.29 is 4.79 Å². The van der Waals surface area contributed by atoms with E-state index in [2.05, 4.69) is 6.58 Å². The topological polar surface area (TPSA) is 52.0 Å². The summed E-state index contributed by atoms with van der Waals surface area (Å²) in [5.74, 6) is 0.227. The number of aryl methyl sites for hydroxylation is 2. The maximum absolute atomic E-state index is 13.4. The molecule has 2 aromatic carbocycles. The number of fused-ring (bicyclic) bond motifs is 1. The quantitative estimate of drug-likeness (QED) is 0.153. The highest BCUT2D eigenvalue weighted by Crippen LogP contribution is 2.32. The second-order valence-corrected chi connectivity index (χ2v) is 9.17. The van der Waals surface area contributed by atoms with Crippen LogP contribution in [0.5, 0.6) is 0 Å². The molecule has 0 radical (unpaired) electrons. The van der Waals surface area contributed by atoms with Gasteiger partial charge in [0.15, 0.2) is 10.9 Å². The van der Waals surface area contributed by atoms with E-state index < -0.39 is 0 Å². The van der Waals surface area contributed by atoms with Crippen LogP contribution in [0.2, 0.25) is 0 Å². The predicted octanol–water partition coefficient (Wildman–Crippen LogP) is 5.90. The molecule has 0 saturated heterocycles. The number of thiophene rings is 1. The van der Waals surface area contributed by atoms with E-state index in [9.17, 15) is 9.59 Å². The molecule has 0 amide bonds. The second-order valence-electron chi connectivity index (χ2n) is 7.37. The highest BCUT2D eigenvalue weighted by molar-refractivity contribution is 7.99. The van der Waals surface area contributed by atoms with Gasteiger partial charge in [0.1, 0.15) is 4.83 Å². The van der Waals surface area contributed by atoms with Crippen molar-refractivity contribution in [2.45, 2.75) is 25.5 Å². The molecule has 156 valence electrons. The number of Topliss-reactive ketones (excluding diaryl/α,β-unsaturated/α-hetero) is 1. The van der Waals surface area contributed by atoms with Crippen LogP contribution in [-0.4, -0.2) is 21.1 Å². The monoisotopic (exact) mass is 446 g/mol. The highest BCUT2D eigenvalue weighted by atomic mass is 32.2. The number of ketones is 1. The summed E-state index contributed by atoms with van der Waals surface area (Å²) in [5.41, 5.74) is 4.72. The molecule has 0 unspecified atom stereocenters. The average Bonchev–Trinajstić information content (AvgIpc) is 3.19. The maximum atomic E-state index is 13.4. The van der Waals surface area contributed by atoms with Crippen molar-refractivity contribution in [3.05, 3.63) is 93.6 Å². The third-order valence-electron chi connectivity index (χ3n) is 5.04. The zero-order chi connectivity index (χ0) is 22.0. The van der Waals surface area contributed by atoms with Crippen molar-refractivity contribution >= 4 is 39.1 Å². The van der Waals surface area contributed by atoms with Gasteiger partial charge in [0.25, 0.3) is 5.56 Å². The van der Waals surface area contributed by atoms with Crippen molar-refractivity contribution in [2.75, 3.05) is 5.75 Å². The normalized spacial score (nSPS) is 11.0. The third kappa shape index (κ3) is 4.40. The SMILES string of the molecule is C=CCn1c(SCC(=O)c2ccc(C)cc2)nc2scc(-c3ccc(C)cc3)c2c1=O. The van der Waals surface area contributed by atoms with Crippen LogP contribution in [0, 0.1) is 13.8 Å². The molecule has 4 nitrogen and oxygen atoms in total. The number of nitrogens with zero attached hydrogens (tertiary/aromatic N) is 2. The van der Waals surface area contributed by atoms with Gasteiger partial charge in [-0.25, -0.2) is 4.98 Å². The number of rotatable bonds is 7. The molecular formula is C25H22N2O2S2. The molecule has 0 bridgehead atoms. The van der Waals surface area contributed by atoms with Crippen molar-refractivity contribution in [3.63, 3.8) is 0 Å². The van der Waals surface area contributed by atoms with E-state index in [1.165, 1.54) is 28.7 Å². The summed E-state index contributed by atoms with van der Waals surface area (Å²) in [6, 6.07) is 15.6. The van der Waals surface area contributed by atoms with Crippen molar-refractivity contribution in [1.29, 1.82) is 0 Å². The lowest BCUT2D eigenvalue weighted by molar-refractivity contribution is 0.102. The van der Waals surface area contributed by atoms with Gasteiger partial charge in [-0.3, -0.25) is 14.2 Å². The van der Waals surface area contributed by atoms with E-state index in [4.69, 9.17) is 4.98 Å². The van der Waals surface area contributed by atoms with Crippen LogP contribution in [0.25, 0.3) is 21.3 Å². The Balaban J connectivity index is 1.70. The van der Waals surface area contributed by atoms with Gasteiger partial charge in [0, 0.05) is 23.1 Å². The molecule has 4 rings (SSSR count). The van der Waals surface area contributed by atoms with Gasteiger partial charge in [-0.05, 0) is 19.4 Å². The molecule has 0 fully saturated rings. The van der Waals surface area contributed by atoms with Crippen LogP contribution >= 0.6 is 23.1 Å². The summed E-state index contributed by atoms with van der Waals surface area (Å²) in [7, 11) is 0. The number of thioether (sulfide) groups is 1. The van der Waals surface area contributed by atoms with E-state index in [1.807, 2.05) is 67.8 Å². The number of allylic oxidation sites excluding steroid dienone is 1. The molecule has 0 saturated carbocycles. The smallest absolute Gasteiger partial charge is 0.263 e. The van der Waals surface area contributed by atoms with Gasteiger partial charge >= 0.3 is 0 Å². The van der Waals surface area contributed by atoms with E-state index in [0.29, 0.717) is 27.5 Å². The molecule has 4 aromatic rings. The number of benzene rings is 2. The van der Waals surface area contributed by atoms with E-state index in [-0.39, 0.29) is 17.1 Å². The predicted molar refractivity (Wildman–Crippen MR) is 130 cm³/mol. The molecule has 0 spiro atoms. The first-order valence-corrected chi connectivity index (χ1v) is 11.8. The Morgan fingerprint density at radius 3 is 2.39 bits per heavy atom. The van der Waals surface area contributed by atoms with Crippen LogP contribution in [0.3, 0.4) is 0 Å². The lowest BCUT2D eigenvalue weighted by atomic mass is 10.1. The van der Waals surface area contributed by atoms with Gasteiger partial charge in [0.05, 0.1) is 11.1 Å². The molecule has 6 heteroatoms. The maximum Gasteiger partial charge on any atom is 0.263 e. The summed E-state index contributed by atoms with van der Waals surface area (Å²) in [6.45, 7) is 8.15. The van der Waals surface area contributed by atoms with Crippen LogP contribution in [-0.2, 0) is 6.54 Å². The van der Waals surface area contributed by atoms with Gasteiger partial charge in [-0.1, -0.05) is 77.5 Å². The first kappa shape index (κ1) is 21.3. The van der Waals surface area contributed by atoms with Crippen molar-refractivity contribution in [1.82, 2.24) is 9.55 Å². The lowest BCUT2D eigenvalue weighted by Crippen LogP contribution is -2.23. The van der Waals surface area contributed by atoms with E-state index in [0.717, 1.165) is 16.7 Å². The van der Waals surface area contributed by atoms with Crippen molar-refractivity contribution in [2.24, 2.45) is 0 Å². The largest absolute Gasteiger partial charge is 0.293 e. The van der Waals surface area contributed by atoms with Crippen LogP contribution in [0.1, 0.15) is 21.5 Å². The Bertz CT molecular complexity index is 1320.